The first-order chi connectivity index (χ1) is 17.8. The van der Waals surface area contributed by atoms with E-state index in [-0.39, 0.29) is 23.8 Å². The lowest BCUT2D eigenvalue weighted by molar-refractivity contribution is -0.384. The van der Waals surface area contributed by atoms with Gasteiger partial charge in [-0.05, 0) is 53.9 Å². The predicted molar refractivity (Wildman–Crippen MR) is 146 cm³/mol. The molecule has 0 bridgehead atoms. The first-order valence-electron chi connectivity index (χ1n) is 11.6. The molecule has 1 heterocycles. The van der Waals surface area contributed by atoms with Crippen molar-refractivity contribution in [2.24, 2.45) is 5.10 Å². The number of benzene rings is 3. The Kier molecular flexibility index (Phi) is 7.98. The molecule has 190 valence electrons. The van der Waals surface area contributed by atoms with Gasteiger partial charge in [0.1, 0.15) is 12.4 Å². The molecular formula is C27H25BrN4O5. The van der Waals surface area contributed by atoms with E-state index in [1.165, 1.54) is 23.9 Å². The molecule has 1 atom stereocenters. The molecule has 0 radical (unpaired) electrons. The zero-order chi connectivity index (χ0) is 26.5. The van der Waals surface area contributed by atoms with Crippen LogP contribution in [0.4, 0.5) is 5.69 Å². The number of fused-ring (bicyclic) bond motifs is 1. The molecular weight excluding hydrogens is 540 g/mol. The van der Waals surface area contributed by atoms with Crippen molar-refractivity contribution in [1.82, 2.24) is 9.66 Å². The quantitative estimate of drug-likeness (QED) is 0.139. The average Bonchev–Trinajstić information content (AvgIpc) is 2.91. The lowest BCUT2D eigenvalue weighted by Gasteiger charge is -2.14. The summed E-state index contributed by atoms with van der Waals surface area (Å²) >= 11 is 3.42. The van der Waals surface area contributed by atoms with Gasteiger partial charge in [-0.2, -0.15) is 9.78 Å². The minimum Gasteiger partial charge on any atom is -0.493 e. The summed E-state index contributed by atoms with van der Waals surface area (Å²) in [6.45, 7) is 4.18. The second-order valence-electron chi connectivity index (χ2n) is 8.43. The van der Waals surface area contributed by atoms with Crippen molar-refractivity contribution in [3.8, 4) is 11.5 Å². The fourth-order valence-corrected chi connectivity index (χ4v) is 4.07. The minimum atomic E-state index is -0.444. The van der Waals surface area contributed by atoms with Gasteiger partial charge in [-0.1, -0.05) is 41.9 Å². The molecule has 10 heteroatoms. The highest BCUT2D eigenvalue weighted by atomic mass is 79.9. The second kappa shape index (κ2) is 11.3. The second-order valence-corrected chi connectivity index (χ2v) is 9.34. The minimum absolute atomic E-state index is 0.00201. The molecule has 0 amide bonds. The number of hydrogen-bond acceptors (Lipinski definition) is 7. The summed E-state index contributed by atoms with van der Waals surface area (Å²) in [6.07, 6.45) is 2.38. The number of nitrogens with zero attached hydrogens (tertiary/aromatic N) is 4. The highest BCUT2D eigenvalue weighted by Gasteiger charge is 2.16. The first-order valence-corrected chi connectivity index (χ1v) is 12.4. The number of hydrogen-bond donors (Lipinski definition) is 0. The van der Waals surface area contributed by atoms with Crippen molar-refractivity contribution in [3.63, 3.8) is 0 Å². The van der Waals surface area contributed by atoms with Crippen LogP contribution < -0.4 is 15.0 Å². The predicted octanol–water partition coefficient (Wildman–Crippen LogP) is 6.05. The fourth-order valence-electron chi connectivity index (χ4n) is 3.71. The van der Waals surface area contributed by atoms with Crippen molar-refractivity contribution in [2.45, 2.75) is 32.8 Å². The molecule has 0 unspecified atom stereocenters. The molecule has 3 aromatic carbocycles. The van der Waals surface area contributed by atoms with Crippen LogP contribution in [0, 0.1) is 10.1 Å². The molecule has 4 rings (SSSR count). The van der Waals surface area contributed by atoms with Gasteiger partial charge in [0.2, 0.25) is 0 Å². The van der Waals surface area contributed by atoms with Gasteiger partial charge in [-0.3, -0.25) is 14.9 Å². The summed E-state index contributed by atoms with van der Waals surface area (Å²) in [7, 11) is 1.52. The summed E-state index contributed by atoms with van der Waals surface area (Å²) < 4.78 is 13.5. The van der Waals surface area contributed by atoms with Crippen LogP contribution >= 0.6 is 15.9 Å². The summed E-state index contributed by atoms with van der Waals surface area (Å²) in [6, 6.07) is 16.9. The third-order valence-electron chi connectivity index (χ3n) is 5.91. The van der Waals surface area contributed by atoms with E-state index in [1.807, 2.05) is 26.0 Å². The van der Waals surface area contributed by atoms with Gasteiger partial charge in [0.25, 0.3) is 11.2 Å². The summed E-state index contributed by atoms with van der Waals surface area (Å²) in [5.41, 5.74) is 1.73. The van der Waals surface area contributed by atoms with Crippen molar-refractivity contribution in [3.05, 3.63) is 103 Å². The number of rotatable bonds is 9. The number of halogens is 1. The highest BCUT2D eigenvalue weighted by Crippen LogP contribution is 2.29. The first kappa shape index (κ1) is 26.0. The largest absolute Gasteiger partial charge is 0.493 e. The van der Waals surface area contributed by atoms with Crippen LogP contribution in [0.2, 0.25) is 0 Å². The van der Waals surface area contributed by atoms with Crippen LogP contribution in [0.1, 0.15) is 43.1 Å². The fraction of sp³-hybridized carbons (Fsp3) is 0.222. The molecule has 0 aliphatic carbocycles. The van der Waals surface area contributed by atoms with E-state index in [2.05, 4.69) is 21.0 Å². The van der Waals surface area contributed by atoms with E-state index in [0.29, 0.717) is 39.4 Å². The third-order valence-corrected chi connectivity index (χ3v) is 6.41. The highest BCUT2D eigenvalue weighted by molar-refractivity contribution is 9.10. The number of methoxy groups -OCH3 is 1. The van der Waals surface area contributed by atoms with Crippen LogP contribution in [0.25, 0.3) is 10.9 Å². The van der Waals surface area contributed by atoms with Gasteiger partial charge in [-0.15, -0.1) is 0 Å². The normalized spacial score (nSPS) is 12.1. The average molecular weight is 565 g/mol. The SMILES string of the molecule is CC[C@@H](C)c1nc2ccc(Br)cc2c(=O)n1N=Cc1ccc(OCc2cccc([N+](=O)[O-])c2)c(OC)c1. The van der Waals surface area contributed by atoms with Crippen molar-refractivity contribution >= 4 is 38.7 Å². The topological polar surface area (TPSA) is 109 Å². The number of non-ortho nitro benzene ring substituents is 1. The van der Waals surface area contributed by atoms with Crippen LogP contribution in [0.3, 0.4) is 0 Å². The van der Waals surface area contributed by atoms with Gasteiger partial charge in [0, 0.05) is 22.5 Å². The number of ether oxygens (including phenoxy) is 2. The number of nitro groups is 1. The molecule has 1 aromatic heterocycles. The Morgan fingerprint density at radius 1 is 1.16 bits per heavy atom. The molecule has 0 saturated carbocycles. The van der Waals surface area contributed by atoms with Crippen LogP contribution in [0.5, 0.6) is 11.5 Å². The van der Waals surface area contributed by atoms with Crippen LogP contribution in [0.15, 0.2) is 75.0 Å². The molecule has 0 spiro atoms. The maximum atomic E-state index is 13.3. The molecule has 0 aliphatic rings. The molecule has 9 nitrogen and oxygen atoms in total. The Labute approximate surface area is 221 Å². The Morgan fingerprint density at radius 3 is 2.70 bits per heavy atom. The lowest BCUT2D eigenvalue weighted by Crippen LogP contribution is -2.23. The number of aromatic nitrogens is 2. The lowest BCUT2D eigenvalue weighted by atomic mass is 10.1. The van der Waals surface area contributed by atoms with Crippen molar-refractivity contribution in [2.75, 3.05) is 7.11 Å². The Bertz CT molecular complexity index is 1550. The van der Waals surface area contributed by atoms with Crippen LogP contribution in [-0.2, 0) is 6.61 Å². The molecule has 37 heavy (non-hydrogen) atoms. The summed E-state index contributed by atoms with van der Waals surface area (Å²) in [5, 5.41) is 16.0. The molecule has 0 saturated heterocycles. The van der Waals surface area contributed by atoms with Crippen molar-refractivity contribution in [1.29, 1.82) is 0 Å². The standard InChI is InChI=1S/C27H25BrN4O5/c1-4-17(2)26-30-23-10-9-20(28)14-22(23)27(33)31(26)29-15-18-8-11-24(25(13-18)36-3)37-16-19-6-5-7-21(12-19)32(34)35/h5-15,17H,4,16H2,1-3H3/t17-/m1/s1. The van der Waals surface area contributed by atoms with E-state index in [0.717, 1.165) is 10.9 Å². The zero-order valence-electron chi connectivity index (χ0n) is 20.6. The van der Waals surface area contributed by atoms with Gasteiger partial charge >= 0.3 is 0 Å². The maximum absolute atomic E-state index is 13.3. The Hall–Kier alpha value is -4.05. The monoisotopic (exact) mass is 564 g/mol. The van der Waals surface area contributed by atoms with Gasteiger partial charge in [-0.25, -0.2) is 4.98 Å². The van der Waals surface area contributed by atoms with E-state index < -0.39 is 4.92 Å². The van der Waals surface area contributed by atoms with Crippen LogP contribution in [-0.4, -0.2) is 27.9 Å². The van der Waals surface area contributed by atoms with Gasteiger partial charge in [0.15, 0.2) is 11.5 Å². The van der Waals surface area contributed by atoms with Gasteiger partial charge in [0.05, 0.1) is 29.2 Å². The van der Waals surface area contributed by atoms with E-state index in [4.69, 9.17) is 14.5 Å². The smallest absolute Gasteiger partial charge is 0.282 e. The van der Waals surface area contributed by atoms with Crippen molar-refractivity contribution < 1.29 is 14.4 Å². The third kappa shape index (κ3) is 5.86. The molecule has 0 N–H and O–H groups in total. The van der Waals surface area contributed by atoms with E-state index in [9.17, 15) is 14.9 Å². The Balaban J connectivity index is 1.63. The molecule has 0 fully saturated rings. The summed E-state index contributed by atoms with van der Waals surface area (Å²) in [5.74, 6) is 1.55. The van der Waals surface area contributed by atoms with E-state index >= 15 is 0 Å². The summed E-state index contributed by atoms with van der Waals surface area (Å²) in [4.78, 5) is 28.6. The Morgan fingerprint density at radius 2 is 1.97 bits per heavy atom. The maximum Gasteiger partial charge on any atom is 0.282 e. The molecule has 4 aromatic rings. The molecule has 0 aliphatic heterocycles. The number of nitro benzene ring substituents is 1. The van der Waals surface area contributed by atoms with Gasteiger partial charge < -0.3 is 9.47 Å². The van der Waals surface area contributed by atoms with E-state index in [1.54, 1.807) is 42.6 Å². The zero-order valence-corrected chi connectivity index (χ0v) is 22.1.